The molecule has 0 bridgehead atoms. The summed E-state index contributed by atoms with van der Waals surface area (Å²) < 4.78 is 12.3. The minimum absolute atomic E-state index is 0.125. The molecule has 3 N–H and O–H groups in total. The van der Waals surface area contributed by atoms with Gasteiger partial charge in [-0.1, -0.05) is 52.8 Å². The molecular formula is C29H40O8. The standard InChI is InChI=1S/C29H40O8/c1-9-15(4)25(33)36-23-17(6)28(35)19(21-26(7,8)29(21,23)37-24(32)14(2)3)11-18(13-30)12-27(34)20(28)10-16(5)22(27)31/h9-11,14,17,19-21,23,30,34-35H,12-13H2,1-8H3/t17-,19+,20?,21-,23-,27-,28-,29-/m1/s1. The smallest absolute Gasteiger partial charge is 0.333 e. The van der Waals surface area contributed by atoms with Crippen LogP contribution in [-0.4, -0.2) is 62.6 Å². The molecular weight excluding hydrogens is 476 g/mol. The number of carbonyl (C=O) groups is 3. The zero-order chi connectivity index (χ0) is 27.9. The zero-order valence-electron chi connectivity index (χ0n) is 23.0. The molecule has 8 heteroatoms. The van der Waals surface area contributed by atoms with Crippen LogP contribution in [0, 0.1) is 35.0 Å². The Bertz CT molecular complexity index is 1130. The summed E-state index contributed by atoms with van der Waals surface area (Å²) in [5.74, 6) is -5.00. The van der Waals surface area contributed by atoms with Gasteiger partial charge in [-0.05, 0) is 31.9 Å². The van der Waals surface area contributed by atoms with Crippen LogP contribution in [0.25, 0.3) is 0 Å². The molecule has 2 fully saturated rings. The van der Waals surface area contributed by atoms with Gasteiger partial charge in [0, 0.05) is 41.1 Å². The van der Waals surface area contributed by atoms with Gasteiger partial charge in [-0.2, -0.15) is 0 Å². The Morgan fingerprint density at radius 3 is 2.38 bits per heavy atom. The van der Waals surface area contributed by atoms with E-state index in [4.69, 9.17) is 9.47 Å². The molecule has 2 saturated carbocycles. The van der Waals surface area contributed by atoms with Crippen molar-refractivity contribution in [1.29, 1.82) is 0 Å². The minimum atomic E-state index is -1.95. The fraction of sp³-hybridized carbons (Fsp3) is 0.690. The van der Waals surface area contributed by atoms with Crippen LogP contribution in [0.1, 0.15) is 61.8 Å². The number of esters is 2. The van der Waals surface area contributed by atoms with Crippen LogP contribution >= 0.6 is 0 Å². The maximum absolute atomic E-state index is 13.2. The SMILES string of the molecule is CC=C(C)C(=O)O[C@@H]1[C@@H](C)[C@]2(O)C3C=C(C)C(=O)[C@@]3(O)CC(CO)=C[C@H]2[C@@H]2C(C)(C)[C@]12OC(=O)C(C)C. The number of ether oxygens (including phenoxy) is 2. The molecule has 0 spiro atoms. The number of carbonyl (C=O) groups excluding carboxylic acids is 3. The first kappa shape index (κ1) is 27.7. The molecule has 4 rings (SSSR count). The van der Waals surface area contributed by atoms with Crippen LogP contribution in [0.2, 0.25) is 0 Å². The van der Waals surface area contributed by atoms with Crippen LogP contribution in [0.5, 0.6) is 0 Å². The predicted molar refractivity (Wildman–Crippen MR) is 135 cm³/mol. The molecule has 8 atom stereocenters. The highest BCUT2D eigenvalue weighted by atomic mass is 16.6. The Morgan fingerprint density at radius 1 is 1.22 bits per heavy atom. The van der Waals surface area contributed by atoms with E-state index in [9.17, 15) is 29.7 Å². The van der Waals surface area contributed by atoms with E-state index in [0.29, 0.717) is 16.7 Å². The number of Topliss-reactive ketones (excluding diaryl/α,β-unsaturated/α-hetero) is 1. The first-order valence-corrected chi connectivity index (χ1v) is 13.1. The summed E-state index contributed by atoms with van der Waals surface area (Å²) in [7, 11) is 0. The molecule has 8 nitrogen and oxygen atoms in total. The quantitative estimate of drug-likeness (QED) is 0.289. The Hall–Kier alpha value is -2.29. The second-order valence-corrected chi connectivity index (χ2v) is 12.3. The van der Waals surface area contributed by atoms with Gasteiger partial charge in [-0.3, -0.25) is 9.59 Å². The van der Waals surface area contributed by atoms with Crippen molar-refractivity contribution >= 4 is 17.7 Å². The number of fused-ring (bicyclic) bond motifs is 5. The van der Waals surface area contributed by atoms with Gasteiger partial charge in [0.2, 0.25) is 0 Å². The van der Waals surface area contributed by atoms with E-state index in [1.54, 1.807) is 59.8 Å². The third-order valence-corrected chi connectivity index (χ3v) is 9.69. The summed E-state index contributed by atoms with van der Waals surface area (Å²) in [4.78, 5) is 39.3. The van der Waals surface area contributed by atoms with E-state index in [1.165, 1.54) is 0 Å². The summed E-state index contributed by atoms with van der Waals surface area (Å²) in [6, 6.07) is 0. The lowest BCUT2D eigenvalue weighted by molar-refractivity contribution is -0.228. The molecule has 37 heavy (non-hydrogen) atoms. The Morgan fingerprint density at radius 2 is 1.84 bits per heavy atom. The summed E-state index contributed by atoms with van der Waals surface area (Å²) in [5.41, 5.74) is -4.51. The summed E-state index contributed by atoms with van der Waals surface area (Å²) in [6.07, 6.45) is 3.81. The topological polar surface area (TPSA) is 130 Å². The van der Waals surface area contributed by atoms with Gasteiger partial charge < -0.3 is 24.8 Å². The molecule has 1 unspecified atom stereocenters. The number of ketones is 1. The maximum atomic E-state index is 13.2. The van der Waals surface area contributed by atoms with Crippen molar-refractivity contribution in [3.8, 4) is 0 Å². The normalized spacial score (nSPS) is 42.1. The van der Waals surface area contributed by atoms with Crippen molar-refractivity contribution in [3.05, 3.63) is 34.9 Å². The lowest BCUT2D eigenvalue weighted by Gasteiger charge is -2.53. The third-order valence-electron chi connectivity index (χ3n) is 9.69. The van der Waals surface area contributed by atoms with Gasteiger partial charge in [0.25, 0.3) is 0 Å². The number of aliphatic hydroxyl groups is 3. The predicted octanol–water partition coefficient (Wildman–Crippen LogP) is 2.65. The molecule has 0 saturated heterocycles. The third kappa shape index (κ3) is 3.48. The first-order chi connectivity index (χ1) is 17.0. The van der Waals surface area contributed by atoms with Crippen molar-refractivity contribution in [3.63, 3.8) is 0 Å². The number of aliphatic hydroxyl groups excluding tert-OH is 1. The van der Waals surface area contributed by atoms with Crippen LogP contribution < -0.4 is 0 Å². The van der Waals surface area contributed by atoms with Crippen molar-refractivity contribution in [2.24, 2.45) is 35.0 Å². The molecule has 4 aliphatic rings. The molecule has 4 aliphatic carbocycles. The van der Waals surface area contributed by atoms with Crippen LogP contribution in [0.3, 0.4) is 0 Å². The average Bonchev–Trinajstić information content (AvgIpc) is 3.26. The van der Waals surface area contributed by atoms with Gasteiger partial charge in [0.15, 0.2) is 11.4 Å². The highest BCUT2D eigenvalue weighted by Crippen LogP contribution is 2.77. The fourth-order valence-electron chi connectivity index (χ4n) is 7.43. The van der Waals surface area contributed by atoms with Crippen LogP contribution in [0.15, 0.2) is 34.9 Å². The number of hydrogen-bond acceptors (Lipinski definition) is 8. The first-order valence-electron chi connectivity index (χ1n) is 13.1. The molecule has 204 valence electrons. The minimum Gasteiger partial charge on any atom is -0.454 e. The van der Waals surface area contributed by atoms with Gasteiger partial charge in [-0.15, -0.1) is 0 Å². The molecule has 0 aromatic heterocycles. The Labute approximate surface area is 218 Å². The average molecular weight is 517 g/mol. The van der Waals surface area contributed by atoms with E-state index >= 15 is 0 Å². The van der Waals surface area contributed by atoms with Gasteiger partial charge >= 0.3 is 11.9 Å². The van der Waals surface area contributed by atoms with E-state index in [-0.39, 0.29) is 6.42 Å². The summed E-state index contributed by atoms with van der Waals surface area (Å²) in [6.45, 7) is 13.5. The second-order valence-electron chi connectivity index (χ2n) is 12.3. The van der Waals surface area contributed by atoms with Crippen molar-refractivity contribution in [2.75, 3.05) is 6.61 Å². The Balaban J connectivity index is 1.96. The van der Waals surface area contributed by atoms with Gasteiger partial charge in [0.05, 0.1) is 18.1 Å². The van der Waals surface area contributed by atoms with E-state index in [2.05, 4.69) is 0 Å². The van der Waals surface area contributed by atoms with Crippen LogP contribution in [0.4, 0.5) is 0 Å². The molecule has 0 heterocycles. The highest BCUT2D eigenvalue weighted by molar-refractivity contribution is 6.04. The van der Waals surface area contributed by atoms with E-state index in [1.807, 2.05) is 13.8 Å². The van der Waals surface area contributed by atoms with Gasteiger partial charge in [0.1, 0.15) is 11.7 Å². The number of rotatable bonds is 5. The van der Waals surface area contributed by atoms with Crippen molar-refractivity contribution in [1.82, 2.24) is 0 Å². The lowest BCUT2D eigenvalue weighted by Crippen LogP contribution is -2.66. The summed E-state index contributed by atoms with van der Waals surface area (Å²) in [5, 5.41) is 34.6. The van der Waals surface area contributed by atoms with E-state index < -0.39 is 82.2 Å². The second kappa shape index (κ2) is 8.61. The summed E-state index contributed by atoms with van der Waals surface area (Å²) >= 11 is 0. The monoisotopic (exact) mass is 516 g/mol. The Kier molecular flexibility index (Phi) is 6.46. The molecule has 0 amide bonds. The zero-order valence-corrected chi connectivity index (χ0v) is 23.0. The van der Waals surface area contributed by atoms with Gasteiger partial charge in [-0.25, -0.2) is 4.79 Å². The molecule has 0 aromatic carbocycles. The highest BCUT2D eigenvalue weighted by Gasteiger charge is 2.88. The lowest BCUT2D eigenvalue weighted by atomic mass is 9.59. The maximum Gasteiger partial charge on any atom is 0.333 e. The number of allylic oxidation sites excluding steroid dienone is 1. The molecule has 0 aromatic rings. The van der Waals surface area contributed by atoms with Crippen molar-refractivity contribution in [2.45, 2.75) is 84.7 Å². The molecule has 0 aliphatic heterocycles. The van der Waals surface area contributed by atoms with Crippen molar-refractivity contribution < 1.29 is 39.2 Å². The fourth-order valence-corrected chi connectivity index (χ4v) is 7.43. The largest absolute Gasteiger partial charge is 0.454 e. The van der Waals surface area contributed by atoms with E-state index in [0.717, 1.165) is 0 Å². The van der Waals surface area contributed by atoms with Crippen LogP contribution in [-0.2, 0) is 23.9 Å². The molecule has 0 radical (unpaired) electrons. The number of hydrogen-bond donors (Lipinski definition) is 3.